The van der Waals surface area contributed by atoms with E-state index in [9.17, 15) is 0 Å². The molecule has 78 valence electrons. The monoisotopic (exact) mass is 210 g/mol. The van der Waals surface area contributed by atoms with Crippen LogP contribution < -0.4 is 5.32 Å². The van der Waals surface area contributed by atoms with Crippen LogP contribution in [0.1, 0.15) is 30.0 Å². The van der Waals surface area contributed by atoms with E-state index in [0.717, 1.165) is 12.3 Å². The fourth-order valence-electron chi connectivity index (χ4n) is 2.06. The topological polar surface area (TPSA) is 24.9 Å². The predicted molar refractivity (Wildman–Crippen MR) is 60.8 cm³/mol. The molecule has 2 heterocycles. The number of thiazole rings is 1. The summed E-state index contributed by atoms with van der Waals surface area (Å²) in [7, 11) is 0. The largest absolute Gasteiger partial charge is 0.316 e. The van der Waals surface area contributed by atoms with Crippen LogP contribution in [-0.2, 0) is 6.42 Å². The van der Waals surface area contributed by atoms with Gasteiger partial charge in [-0.2, -0.15) is 0 Å². The van der Waals surface area contributed by atoms with Crippen molar-refractivity contribution in [3.05, 3.63) is 16.1 Å². The molecule has 1 atom stereocenters. The summed E-state index contributed by atoms with van der Waals surface area (Å²) < 4.78 is 0. The highest BCUT2D eigenvalue weighted by atomic mass is 32.1. The molecule has 3 heteroatoms. The van der Waals surface area contributed by atoms with Crippen LogP contribution in [-0.4, -0.2) is 18.1 Å². The summed E-state index contributed by atoms with van der Waals surface area (Å²) >= 11 is 1.77. The average Bonchev–Trinajstić information content (AvgIpc) is 2.43. The second-order valence-electron chi connectivity index (χ2n) is 4.13. The van der Waals surface area contributed by atoms with Crippen molar-refractivity contribution in [1.29, 1.82) is 0 Å². The lowest BCUT2D eigenvalue weighted by molar-refractivity contribution is 0.473. The lowest BCUT2D eigenvalue weighted by atomic mass is 9.98. The molecule has 1 fully saturated rings. The molecule has 0 amide bonds. The highest BCUT2D eigenvalue weighted by Gasteiger charge is 2.13. The van der Waals surface area contributed by atoms with Crippen LogP contribution in [0.2, 0.25) is 0 Å². The van der Waals surface area contributed by atoms with Gasteiger partial charge in [0, 0.05) is 5.38 Å². The van der Waals surface area contributed by atoms with Gasteiger partial charge in [-0.05, 0) is 45.2 Å². The number of aryl methyl sites for hydroxylation is 1. The Bertz CT molecular complexity index is 275. The maximum atomic E-state index is 4.53. The predicted octanol–water partition coefficient (Wildman–Crippen LogP) is 2.38. The van der Waals surface area contributed by atoms with Crippen LogP contribution >= 0.6 is 11.3 Å². The average molecular weight is 210 g/mol. The molecule has 2 rings (SSSR count). The van der Waals surface area contributed by atoms with Gasteiger partial charge in [0.05, 0.1) is 10.7 Å². The fourth-order valence-corrected chi connectivity index (χ4v) is 2.69. The molecule has 1 aromatic rings. The Kier molecular flexibility index (Phi) is 3.54. The molecule has 2 nitrogen and oxygen atoms in total. The molecule has 0 bridgehead atoms. The van der Waals surface area contributed by atoms with Gasteiger partial charge >= 0.3 is 0 Å². The fraction of sp³-hybridized carbons (Fsp3) is 0.727. The van der Waals surface area contributed by atoms with E-state index in [1.807, 2.05) is 0 Å². The number of nitrogens with zero attached hydrogens (tertiary/aromatic N) is 1. The normalized spacial score (nSPS) is 23.4. The van der Waals surface area contributed by atoms with Crippen molar-refractivity contribution in [2.45, 2.75) is 32.6 Å². The van der Waals surface area contributed by atoms with E-state index in [-0.39, 0.29) is 0 Å². The molecule has 1 saturated heterocycles. The van der Waals surface area contributed by atoms with Gasteiger partial charge in [-0.1, -0.05) is 6.42 Å². The lowest BCUT2D eigenvalue weighted by Gasteiger charge is -2.11. The number of aromatic nitrogens is 1. The van der Waals surface area contributed by atoms with E-state index >= 15 is 0 Å². The molecule has 0 aliphatic carbocycles. The molecule has 0 saturated carbocycles. The van der Waals surface area contributed by atoms with E-state index in [0.29, 0.717) is 0 Å². The van der Waals surface area contributed by atoms with E-state index in [1.165, 1.54) is 43.1 Å². The quantitative estimate of drug-likeness (QED) is 0.810. The Morgan fingerprint density at radius 3 is 3.29 bits per heavy atom. The molecule has 1 aliphatic rings. The van der Waals surface area contributed by atoms with Crippen molar-refractivity contribution >= 4 is 11.3 Å². The SMILES string of the molecule is Cc1nc(CC2CCCCNC2)cs1. The maximum absolute atomic E-state index is 4.53. The molecule has 14 heavy (non-hydrogen) atoms. The second kappa shape index (κ2) is 4.89. The Morgan fingerprint density at radius 1 is 1.57 bits per heavy atom. The first-order valence-electron chi connectivity index (χ1n) is 5.46. The molecular weight excluding hydrogens is 192 g/mol. The van der Waals surface area contributed by atoms with Gasteiger partial charge in [0.1, 0.15) is 0 Å². The smallest absolute Gasteiger partial charge is 0.0897 e. The molecule has 0 aromatic carbocycles. The summed E-state index contributed by atoms with van der Waals surface area (Å²) in [5.74, 6) is 0.805. The lowest BCUT2D eigenvalue weighted by Crippen LogP contribution is -2.22. The Morgan fingerprint density at radius 2 is 2.50 bits per heavy atom. The summed E-state index contributed by atoms with van der Waals surface area (Å²) in [6.45, 7) is 4.46. The zero-order chi connectivity index (χ0) is 9.80. The summed E-state index contributed by atoms with van der Waals surface area (Å²) in [6.07, 6.45) is 5.24. The second-order valence-corrected chi connectivity index (χ2v) is 5.19. The van der Waals surface area contributed by atoms with Crippen molar-refractivity contribution in [3.63, 3.8) is 0 Å². The van der Waals surface area contributed by atoms with Gasteiger partial charge < -0.3 is 5.32 Å². The van der Waals surface area contributed by atoms with Gasteiger partial charge in [-0.25, -0.2) is 4.98 Å². The van der Waals surface area contributed by atoms with E-state index < -0.39 is 0 Å². The Balaban J connectivity index is 1.89. The van der Waals surface area contributed by atoms with Crippen molar-refractivity contribution in [3.8, 4) is 0 Å². The molecular formula is C11H18N2S. The van der Waals surface area contributed by atoms with E-state index in [2.05, 4.69) is 22.6 Å². The van der Waals surface area contributed by atoms with Gasteiger partial charge in [0.15, 0.2) is 0 Å². The first-order chi connectivity index (χ1) is 6.84. The molecule has 1 aliphatic heterocycles. The first-order valence-corrected chi connectivity index (χ1v) is 6.34. The highest BCUT2D eigenvalue weighted by molar-refractivity contribution is 7.09. The minimum absolute atomic E-state index is 0.805. The summed E-state index contributed by atoms with van der Waals surface area (Å²) in [5, 5.41) is 6.90. The van der Waals surface area contributed by atoms with Gasteiger partial charge in [-0.3, -0.25) is 0 Å². The minimum Gasteiger partial charge on any atom is -0.316 e. The third kappa shape index (κ3) is 2.79. The van der Waals surface area contributed by atoms with Crippen molar-refractivity contribution in [1.82, 2.24) is 10.3 Å². The Labute approximate surface area is 89.8 Å². The van der Waals surface area contributed by atoms with Crippen molar-refractivity contribution in [2.24, 2.45) is 5.92 Å². The van der Waals surface area contributed by atoms with Crippen LogP contribution in [0.15, 0.2) is 5.38 Å². The number of hydrogen-bond donors (Lipinski definition) is 1. The summed E-state index contributed by atoms with van der Waals surface area (Å²) in [6, 6.07) is 0. The molecule has 0 radical (unpaired) electrons. The van der Waals surface area contributed by atoms with Crippen LogP contribution in [0.5, 0.6) is 0 Å². The molecule has 0 spiro atoms. The number of hydrogen-bond acceptors (Lipinski definition) is 3. The molecule has 1 aromatic heterocycles. The van der Waals surface area contributed by atoms with E-state index in [4.69, 9.17) is 0 Å². The minimum atomic E-state index is 0.805. The molecule has 1 unspecified atom stereocenters. The third-order valence-corrected chi connectivity index (χ3v) is 3.64. The first kappa shape index (κ1) is 10.1. The van der Waals surface area contributed by atoms with Crippen LogP contribution in [0.3, 0.4) is 0 Å². The van der Waals surface area contributed by atoms with E-state index in [1.54, 1.807) is 11.3 Å². The van der Waals surface area contributed by atoms with Gasteiger partial charge in [0.2, 0.25) is 0 Å². The molecule has 1 N–H and O–H groups in total. The number of rotatable bonds is 2. The summed E-state index contributed by atoms with van der Waals surface area (Å²) in [5.41, 5.74) is 1.29. The zero-order valence-corrected chi connectivity index (χ0v) is 9.57. The standard InChI is InChI=1S/C11H18N2S/c1-9-13-11(8-14-9)6-10-4-2-3-5-12-7-10/h8,10,12H,2-7H2,1H3. The maximum Gasteiger partial charge on any atom is 0.0897 e. The Hall–Kier alpha value is -0.410. The van der Waals surface area contributed by atoms with Crippen LogP contribution in [0.4, 0.5) is 0 Å². The van der Waals surface area contributed by atoms with Gasteiger partial charge in [-0.15, -0.1) is 11.3 Å². The summed E-state index contributed by atoms with van der Waals surface area (Å²) in [4.78, 5) is 4.53. The van der Waals surface area contributed by atoms with Crippen LogP contribution in [0, 0.1) is 12.8 Å². The zero-order valence-electron chi connectivity index (χ0n) is 8.75. The number of nitrogens with one attached hydrogen (secondary N) is 1. The van der Waals surface area contributed by atoms with Crippen molar-refractivity contribution < 1.29 is 0 Å². The van der Waals surface area contributed by atoms with Gasteiger partial charge in [0.25, 0.3) is 0 Å². The van der Waals surface area contributed by atoms with Crippen LogP contribution in [0.25, 0.3) is 0 Å². The highest BCUT2D eigenvalue weighted by Crippen LogP contribution is 2.18. The van der Waals surface area contributed by atoms with Crippen molar-refractivity contribution in [2.75, 3.05) is 13.1 Å². The third-order valence-electron chi connectivity index (χ3n) is 2.81.